The topological polar surface area (TPSA) is 118 Å². The van der Waals surface area contributed by atoms with Gasteiger partial charge in [-0.25, -0.2) is 4.79 Å². The second kappa shape index (κ2) is 8.72. The standard InChI is InChI=1S/C22H16N4O4/c1-13-19(22(27)29-3)21(30-17-9-6-15(12-24)10-18(17)28-2)26-25-20(13)16-7-4-14(11-23)5-8-16/h4-10H,1-3H3. The van der Waals surface area contributed by atoms with Gasteiger partial charge in [-0.3, -0.25) is 0 Å². The lowest BCUT2D eigenvalue weighted by Crippen LogP contribution is -2.11. The van der Waals surface area contributed by atoms with Crippen molar-refractivity contribution in [2.45, 2.75) is 6.92 Å². The van der Waals surface area contributed by atoms with E-state index >= 15 is 0 Å². The van der Waals surface area contributed by atoms with E-state index in [9.17, 15) is 4.79 Å². The summed E-state index contributed by atoms with van der Waals surface area (Å²) < 4.78 is 16.0. The zero-order valence-corrected chi connectivity index (χ0v) is 16.5. The van der Waals surface area contributed by atoms with E-state index < -0.39 is 5.97 Å². The van der Waals surface area contributed by atoms with E-state index in [4.69, 9.17) is 24.7 Å². The van der Waals surface area contributed by atoms with Gasteiger partial charge in [0.1, 0.15) is 5.56 Å². The first-order valence-electron chi connectivity index (χ1n) is 8.74. The van der Waals surface area contributed by atoms with Gasteiger partial charge in [0.05, 0.1) is 43.2 Å². The number of benzene rings is 2. The molecule has 1 heterocycles. The minimum absolute atomic E-state index is 0.0558. The van der Waals surface area contributed by atoms with Crippen molar-refractivity contribution in [1.29, 1.82) is 10.5 Å². The first kappa shape index (κ1) is 20.3. The number of hydrogen-bond acceptors (Lipinski definition) is 8. The van der Waals surface area contributed by atoms with E-state index in [-0.39, 0.29) is 17.2 Å². The fourth-order valence-corrected chi connectivity index (χ4v) is 2.82. The summed E-state index contributed by atoms with van der Waals surface area (Å²) in [4.78, 5) is 12.5. The summed E-state index contributed by atoms with van der Waals surface area (Å²) in [6.45, 7) is 1.71. The fourth-order valence-electron chi connectivity index (χ4n) is 2.82. The van der Waals surface area contributed by atoms with Crippen LogP contribution in [-0.2, 0) is 4.74 Å². The fraction of sp³-hybridized carbons (Fsp3) is 0.136. The van der Waals surface area contributed by atoms with Crippen LogP contribution in [-0.4, -0.2) is 30.4 Å². The van der Waals surface area contributed by atoms with Crippen LogP contribution < -0.4 is 9.47 Å². The molecule has 148 valence electrons. The Balaban J connectivity index is 2.10. The van der Waals surface area contributed by atoms with Gasteiger partial charge in [-0.15, -0.1) is 10.2 Å². The third kappa shape index (κ3) is 3.89. The maximum Gasteiger partial charge on any atom is 0.343 e. The Labute approximate surface area is 172 Å². The number of rotatable bonds is 5. The highest BCUT2D eigenvalue weighted by molar-refractivity contribution is 5.95. The van der Waals surface area contributed by atoms with Gasteiger partial charge in [0.25, 0.3) is 5.88 Å². The van der Waals surface area contributed by atoms with Gasteiger partial charge in [0, 0.05) is 11.6 Å². The third-order valence-electron chi connectivity index (χ3n) is 4.36. The lowest BCUT2D eigenvalue weighted by atomic mass is 10.0. The molecule has 0 saturated heterocycles. The van der Waals surface area contributed by atoms with E-state index in [0.717, 1.165) is 0 Å². The van der Waals surface area contributed by atoms with Gasteiger partial charge in [-0.1, -0.05) is 12.1 Å². The van der Waals surface area contributed by atoms with Crippen molar-refractivity contribution >= 4 is 5.97 Å². The Morgan fingerprint density at radius 3 is 2.20 bits per heavy atom. The Morgan fingerprint density at radius 2 is 1.60 bits per heavy atom. The predicted molar refractivity (Wildman–Crippen MR) is 106 cm³/mol. The molecule has 0 aliphatic heterocycles. The van der Waals surface area contributed by atoms with Gasteiger partial charge < -0.3 is 14.2 Å². The number of nitriles is 2. The molecule has 8 heteroatoms. The van der Waals surface area contributed by atoms with Crippen LogP contribution >= 0.6 is 0 Å². The second-order valence-electron chi connectivity index (χ2n) is 6.11. The average Bonchev–Trinajstić information content (AvgIpc) is 2.79. The van der Waals surface area contributed by atoms with Crippen LogP contribution in [0.1, 0.15) is 27.0 Å². The van der Waals surface area contributed by atoms with Crippen molar-refractivity contribution in [1.82, 2.24) is 10.2 Å². The molecule has 1 aromatic heterocycles. The molecular weight excluding hydrogens is 384 g/mol. The number of ether oxygens (including phenoxy) is 3. The normalized spacial score (nSPS) is 9.90. The average molecular weight is 400 g/mol. The van der Waals surface area contributed by atoms with Crippen LogP contribution in [0.2, 0.25) is 0 Å². The summed E-state index contributed by atoms with van der Waals surface area (Å²) >= 11 is 0. The zero-order chi connectivity index (χ0) is 21.7. The molecule has 0 atom stereocenters. The first-order valence-corrected chi connectivity index (χ1v) is 8.74. The molecule has 0 radical (unpaired) electrons. The number of aromatic nitrogens is 2. The Bertz CT molecular complexity index is 1190. The molecule has 0 N–H and O–H groups in total. The van der Waals surface area contributed by atoms with Crippen LogP contribution in [0.3, 0.4) is 0 Å². The lowest BCUT2D eigenvalue weighted by molar-refractivity contribution is 0.0595. The number of carbonyl (C=O) groups is 1. The number of nitrogens with zero attached hydrogens (tertiary/aromatic N) is 4. The van der Waals surface area contributed by atoms with Crippen molar-refractivity contribution in [3.8, 4) is 40.8 Å². The highest BCUT2D eigenvalue weighted by Gasteiger charge is 2.24. The van der Waals surface area contributed by atoms with E-state index in [1.165, 1.54) is 20.3 Å². The van der Waals surface area contributed by atoms with Crippen molar-refractivity contribution < 1.29 is 19.0 Å². The zero-order valence-electron chi connectivity index (χ0n) is 16.5. The van der Waals surface area contributed by atoms with Crippen LogP contribution in [0.15, 0.2) is 42.5 Å². The van der Waals surface area contributed by atoms with Crippen molar-refractivity contribution in [2.24, 2.45) is 0 Å². The van der Waals surface area contributed by atoms with E-state index in [0.29, 0.717) is 33.7 Å². The number of methoxy groups -OCH3 is 2. The van der Waals surface area contributed by atoms with Crippen LogP contribution in [0.5, 0.6) is 17.4 Å². The van der Waals surface area contributed by atoms with Crippen molar-refractivity contribution in [3.05, 3.63) is 64.7 Å². The molecule has 3 aromatic rings. The molecule has 3 rings (SSSR count). The minimum atomic E-state index is -0.639. The lowest BCUT2D eigenvalue weighted by Gasteiger charge is -2.15. The van der Waals surface area contributed by atoms with Crippen LogP contribution in [0, 0.1) is 29.6 Å². The second-order valence-corrected chi connectivity index (χ2v) is 6.11. The summed E-state index contributed by atoms with van der Waals surface area (Å²) in [5.41, 5.74) is 2.66. The van der Waals surface area contributed by atoms with Crippen LogP contribution in [0.4, 0.5) is 0 Å². The smallest absolute Gasteiger partial charge is 0.343 e. The Hall–Kier alpha value is -4.43. The summed E-state index contributed by atoms with van der Waals surface area (Å²) in [7, 11) is 2.70. The molecule has 0 amide bonds. The van der Waals surface area contributed by atoms with Gasteiger partial charge in [0.15, 0.2) is 11.5 Å². The van der Waals surface area contributed by atoms with Gasteiger partial charge >= 0.3 is 5.97 Å². The molecule has 2 aromatic carbocycles. The largest absolute Gasteiger partial charge is 0.493 e. The predicted octanol–water partition coefficient (Wildman–Crippen LogP) is 3.78. The van der Waals surface area contributed by atoms with Crippen LogP contribution in [0.25, 0.3) is 11.3 Å². The van der Waals surface area contributed by atoms with E-state index in [1.807, 2.05) is 6.07 Å². The summed E-state index contributed by atoms with van der Waals surface area (Å²) in [5, 5.41) is 26.3. The first-order chi connectivity index (χ1) is 14.5. The minimum Gasteiger partial charge on any atom is -0.493 e. The van der Waals surface area contributed by atoms with E-state index in [1.54, 1.807) is 43.3 Å². The van der Waals surface area contributed by atoms with Gasteiger partial charge in [-0.05, 0) is 36.8 Å². The maximum atomic E-state index is 12.5. The SMILES string of the molecule is COC(=O)c1c(Oc2ccc(C#N)cc2OC)nnc(-c2ccc(C#N)cc2)c1C. The maximum absolute atomic E-state index is 12.5. The Kier molecular flexibility index (Phi) is 5.90. The molecule has 0 saturated carbocycles. The van der Waals surface area contributed by atoms with Crippen molar-refractivity contribution in [2.75, 3.05) is 14.2 Å². The van der Waals surface area contributed by atoms with E-state index in [2.05, 4.69) is 16.3 Å². The highest BCUT2D eigenvalue weighted by atomic mass is 16.5. The molecule has 30 heavy (non-hydrogen) atoms. The number of esters is 1. The van der Waals surface area contributed by atoms with Crippen molar-refractivity contribution in [3.63, 3.8) is 0 Å². The summed E-state index contributed by atoms with van der Waals surface area (Å²) in [5.74, 6) is -0.123. The third-order valence-corrected chi connectivity index (χ3v) is 4.36. The molecule has 0 spiro atoms. The van der Waals surface area contributed by atoms with Gasteiger partial charge in [-0.2, -0.15) is 10.5 Å². The summed E-state index contributed by atoms with van der Waals surface area (Å²) in [6.07, 6.45) is 0. The molecule has 0 aliphatic rings. The molecule has 0 fully saturated rings. The highest BCUT2D eigenvalue weighted by Crippen LogP contribution is 2.35. The number of hydrogen-bond donors (Lipinski definition) is 0. The quantitative estimate of drug-likeness (QED) is 0.594. The summed E-state index contributed by atoms with van der Waals surface area (Å²) in [6, 6.07) is 15.4. The van der Waals surface area contributed by atoms with Gasteiger partial charge in [0.2, 0.25) is 0 Å². The molecule has 8 nitrogen and oxygen atoms in total. The Morgan fingerprint density at radius 1 is 0.933 bits per heavy atom. The molecule has 0 bridgehead atoms. The number of carbonyl (C=O) groups excluding carboxylic acids is 1. The molecule has 0 aliphatic carbocycles. The molecular formula is C22H16N4O4. The monoisotopic (exact) mass is 400 g/mol. The molecule has 0 unspecified atom stereocenters.